The number of nitrogens with zero attached hydrogens (tertiary/aromatic N) is 2. The molecule has 2 heterocycles. The fourth-order valence-corrected chi connectivity index (χ4v) is 4.24. The molecule has 32 heavy (non-hydrogen) atoms. The second-order valence-corrected chi connectivity index (χ2v) is 7.99. The number of fused-ring (bicyclic) bond motifs is 1. The molecule has 0 bridgehead atoms. The van der Waals surface area contributed by atoms with Crippen molar-refractivity contribution in [3.8, 4) is 5.69 Å². The second-order valence-electron chi connectivity index (χ2n) is 6.96. The van der Waals surface area contributed by atoms with Gasteiger partial charge in [0.2, 0.25) is 0 Å². The summed E-state index contributed by atoms with van der Waals surface area (Å²) in [4.78, 5) is 37.7. The number of benzene rings is 2. The summed E-state index contributed by atoms with van der Waals surface area (Å²) in [6, 6.07) is 18.1. The van der Waals surface area contributed by atoms with Gasteiger partial charge in [-0.2, -0.15) is 5.10 Å². The maximum absolute atomic E-state index is 12.9. The topological polar surface area (TPSA) is 102 Å². The van der Waals surface area contributed by atoms with Crippen molar-refractivity contribution in [2.45, 2.75) is 6.92 Å². The molecular formula is C23H20N4O4S. The maximum Gasteiger partial charge on any atom is 0.325 e. The van der Waals surface area contributed by atoms with Gasteiger partial charge in [-0.25, -0.2) is 4.68 Å². The average Bonchev–Trinajstić information content (AvgIpc) is 3.38. The zero-order valence-corrected chi connectivity index (χ0v) is 18.2. The molecule has 0 aliphatic carbocycles. The third-order valence-corrected chi connectivity index (χ3v) is 5.88. The minimum Gasteiger partial charge on any atom is -0.468 e. The molecule has 0 atom stereocenters. The van der Waals surface area contributed by atoms with Crippen LogP contribution in [0.3, 0.4) is 0 Å². The largest absolute Gasteiger partial charge is 0.468 e. The molecule has 2 aromatic carbocycles. The van der Waals surface area contributed by atoms with Crippen LogP contribution in [-0.2, 0) is 9.53 Å². The quantitative estimate of drug-likeness (QED) is 0.439. The Morgan fingerprint density at radius 3 is 2.56 bits per heavy atom. The number of anilines is 1. The minimum absolute atomic E-state index is 0.231. The number of rotatable bonds is 6. The van der Waals surface area contributed by atoms with Crippen LogP contribution in [0.1, 0.15) is 25.7 Å². The van der Waals surface area contributed by atoms with Crippen LogP contribution in [0, 0.1) is 6.92 Å². The van der Waals surface area contributed by atoms with Gasteiger partial charge in [0.25, 0.3) is 11.8 Å². The van der Waals surface area contributed by atoms with Gasteiger partial charge in [-0.15, -0.1) is 11.3 Å². The van der Waals surface area contributed by atoms with E-state index in [1.165, 1.54) is 18.4 Å². The minimum atomic E-state index is -0.545. The van der Waals surface area contributed by atoms with Crippen molar-refractivity contribution in [1.82, 2.24) is 15.1 Å². The van der Waals surface area contributed by atoms with Crippen LogP contribution < -0.4 is 10.6 Å². The van der Waals surface area contributed by atoms with Crippen molar-refractivity contribution in [1.29, 1.82) is 0 Å². The van der Waals surface area contributed by atoms with Crippen LogP contribution in [0.25, 0.3) is 15.9 Å². The summed E-state index contributed by atoms with van der Waals surface area (Å²) in [6.45, 7) is 1.68. The number of amides is 2. The molecule has 162 valence electrons. The number of methoxy groups -OCH3 is 1. The highest BCUT2D eigenvalue weighted by Crippen LogP contribution is 2.30. The van der Waals surface area contributed by atoms with Crippen LogP contribution in [0.5, 0.6) is 0 Å². The van der Waals surface area contributed by atoms with Gasteiger partial charge >= 0.3 is 5.97 Å². The number of hydrogen-bond donors (Lipinski definition) is 2. The summed E-state index contributed by atoms with van der Waals surface area (Å²) >= 11 is 1.35. The van der Waals surface area contributed by atoms with E-state index in [1.54, 1.807) is 24.3 Å². The van der Waals surface area contributed by atoms with E-state index in [4.69, 9.17) is 0 Å². The lowest BCUT2D eigenvalue weighted by molar-refractivity contribution is -0.139. The van der Waals surface area contributed by atoms with E-state index in [2.05, 4.69) is 20.5 Å². The average molecular weight is 449 g/mol. The predicted octanol–water partition coefficient (Wildman–Crippen LogP) is 3.55. The van der Waals surface area contributed by atoms with Crippen molar-refractivity contribution >= 4 is 45.0 Å². The number of esters is 1. The van der Waals surface area contributed by atoms with E-state index in [9.17, 15) is 14.4 Å². The lowest BCUT2D eigenvalue weighted by Crippen LogP contribution is -2.30. The zero-order valence-electron chi connectivity index (χ0n) is 17.4. The molecule has 0 unspecified atom stereocenters. The Morgan fingerprint density at radius 2 is 1.81 bits per heavy atom. The Morgan fingerprint density at radius 1 is 1.03 bits per heavy atom. The first-order valence-corrected chi connectivity index (χ1v) is 10.6. The van der Waals surface area contributed by atoms with Crippen LogP contribution in [-0.4, -0.2) is 41.2 Å². The van der Waals surface area contributed by atoms with Crippen molar-refractivity contribution in [2.75, 3.05) is 19.0 Å². The van der Waals surface area contributed by atoms with Crippen LogP contribution in [0.2, 0.25) is 0 Å². The summed E-state index contributed by atoms with van der Waals surface area (Å²) in [5, 5.41) is 10.8. The third kappa shape index (κ3) is 4.37. The highest BCUT2D eigenvalue weighted by molar-refractivity contribution is 7.20. The standard InChI is InChI=1S/C23H20N4O4S/c1-14-18-12-19(32-23(18)27(26-14)17-9-4-3-5-10-17)22(30)25-16-8-6-7-15(11-16)21(29)24-13-20(28)31-2/h3-12H,13H2,1-2H3,(H,24,29)(H,25,30). The highest BCUT2D eigenvalue weighted by Gasteiger charge is 2.18. The summed E-state index contributed by atoms with van der Waals surface area (Å²) in [7, 11) is 1.25. The Balaban J connectivity index is 1.53. The summed E-state index contributed by atoms with van der Waals surface area (Å²) in [5.41, 5.74) is 2.55. The van der Waals surface area contributed by atoms with Crippen molar-refractivity contribution < 1.29 is 19.1 Å². The summed E-state index contributed by atoms with van der Waals surface area (Å²) in [6.07, 6.45) is 0. The number of para-hydroxylation sites is 1. The molecule has 2 amide bonds. The number of nitrogens with one attached hydrogen (secondary N) is 2. The molecule has 0 saturated carbocycles. The van der Waals surface area contributed by atoms with Crippen LogP contribution in [0.4, 0.5) is 5.69 Å². The fraction of sp³-hybridized carbons (Fsp3) is 0.130. The lowest BCUT2D eigenvalue weighted by Gasteiger charge is -2.07. The number of carbonyl (C=O) groups is 3. The Bertz CT molecular complexity index is 1310. The van der Waals surface area contributed by atoms with Gasteiger partial charge in [-0.1, -0.05) is 24.3 Å². The molecule has 4 rings (SSSR count). The first-order valence-electron chi connectivity index (χ1n) is 9.77. The third-order valence-electron chi connectivity index (χ3n) is 4.77. The number of hydrogen-bond acceptors (Lipinski definition) is 6. The van der Waals surface area contributed by atoms with E-state index in [1.807, 2.05) is 48.0 Å². The van der Waals surface area contributed by atoms with E-state index in [0.29, 0.717) is 16.1 Å². The van der Waals surface area contributed by atoms with E-state index < -0.39 is 11.9 Å². The van der Waals surface area contributed by atoms with Gasteiger partial charge in [0.1, 0.15) is 11.4 Å². The molecule has 0 spiro atoms. The number of aryl methyl sites for hydroxylation is 1. The molecule has 0 aliphatic heterocycles. The monoisotopic (exact) mass is 448 g/mol. The molecule has 0 radical (unpaired) electrons. The van der Waals surface area contributed by atoms with Gasteiger partial charge in [-0.3, -0.25) is 14.4 Å². The van der Waals surface area contributed by atoms with Crippen molar-refractivity contribution in [3.63, 3.8) is 0 Å². The smallest absolute Gasteiger partial charge is 0.325 e. The fourth-order valence-electron chi connectivity index (χ4n) is 3.16. The Kier molecular flexibility index (Phi) is 6.00. The Labute approximate surface area is 187 Å². The molecule has 8 nitrogen and oxygen atoms in total. The first kappa shape index (κ1) is 21.3. The molecular weight excluding hydrogens is 428 g/mol. The molecule has 4 aromatic rings. The van der Waals surface area contributed by atoms with E-state index in [-0.39, 0.29) is 12.5 Å². The molecule has 0 aliphatic rings. The molecule has 9 heteroatoms. The summed E-state index contributed by atoms with van der Waals surface area (Å²) in [5.74, 6) is -1.26. The van der Waals surface area contributed by atoms with Gasteiger partial charge in [0.05, 0.1) is 23.4 Å². The molecule has 2 N–H and O–H groups in total. The number of aromatic nitrogens is 2. The van der Waals surface area contributed by atoms with Crippen LogP contribution >= 0.6 is 11.3 Å². The zero-order chi connectivity index (χ0) is 22.7. The number of carbonyl (C=O) groups excluding carboxylic acids is 3. The SMILES string of the molecule is COC(=O)CNC(=O)c1cccc(NC(=O)c2cc3c(C)nn(-c4ccccc4)c3s2)c1. The second kappa shape index (κ2) is 9.03. The van der Waals surface area contributed by atoms with E-state index >= 15 is 0 Å². The highest BCUT2D eigenvalue weighted by atomic mass is 32.1. The van der Waals surface area contributed by atoms with Gasteiger partial charge < -0.3 is 15.4 Å². The molecule has 0 saturated heterocycles. The maximum atomic E-state index is 12.9. The molecule has 0 fully saturated rings. The van der Waals surface area contributed by atoms with Crippen molar-refractivity contribution in [2.24, 2.45) is 0 Å². The van der Waals surface area contributed by atoms with Crippen molar-refractivity contribution in [3.05, 3.63) is 76.8 Å². The van der Waals surface area contributed by atoms with Gasteiger partial charge in [0.15, 0.2) is 0 Å². The van der Waals surface area contributed by atoms with E-state index in [0.717, 1.165) is 21.6 Å². The number of thiophene rings is 1. The van der Waals surface area contributed by atoms with Gasteiger partial charge in [0, 0.05) is 16.6 Å². The number of ether oxygens (including phenoxy) is 1. The normalized spacial score (nSPS) is 10.7. The van der Waals surface area contributed by atoms with Crippen LogP contribution in [0.15, 0.2) is 60.7 Å². The first-order chi connectivity index (χ1) is 15.5. The molecule has 2 aromatic heterocycles. The predicted molar refractivity (Wildman–Crippen MR) is 122 cm³/mol. The summed E-state index contributed by atoms with van der Waals surface area (Å²) < 4.78 is 6.34. The van der Waals surface area contributed by atoms with Gasteiger partial charge in [-0.05, 0) is 43.3 Å². The Hall–Kier alpha value is -3.98. The lowest BCUT2D eigenvalue weighted by atomic mass is 10.2.